The molecule has 2 heteroatoms. The van der Waals surface area contributed by atoms with Crippen LogP contribution in [0.15, 0.2) is 91.0 Å². The molecule has 1 saturated heterocycles. The van der Waals surface area contributed by atoms with Gasteiger partial charge in [-0.25, -0.2) is 0 Å². The minimum Gasteiger partial charge on any atom is -0.387 e. The van der Waals surface area contributed by atoms with Crippen LogP contribution in [0.2, 0.25) is 0 Å². The Balaban J connectivity index is 1.40. The van der Waals surface area contributed by atoms with E-state index >= 15 is 0 Å². The molecule has 0 unspecified atom stereocenters. The number of nitrogens with zero attached hydrogens (tertiary/aromatic N) is 1. The van der Waals surface area contributed by atoms with Crippen molar-refractivity contribution in [1.82, 2.24) is 4.90 Å². The third-order valence-corrected chi connectivity index (χ3v) is 5.54. The molecule has 0 bridgehead atoms. The zero-order chi connectivity index (χ0) is 18.5. The SMILES string of the molecule is OC1(CCCc2ccccc2)CN(C(c2ccccc2)c2ccccc2)C1. The van der Waals surface area contributed by atoms with Gasteiger partial charge in [-0.3, -0.25) is 4.90 Å². The molecule has 0 aliphatic carbocycles. The molecule has 27 heavy (non-hydrogen) atoms. The van der Waals surface area contributed by atoms with Gasteiger partial charge in [0.1, 0.15) is 0 Å². The zero-order valence-corrected chi connectivity index (χ0v) is 15.7. The van der Waals surface area contributed by atoms with Gasteiger partial charge in [0.2, 0.25) is 0 Å². The summed E-state index contributed by atoms with van der Waals surface area (Å²) in [5.74, 6) is 0. The van der Waals surface area contributed by atoms with Crippen LogP contribution in [0.5, 0.6) is 0 Å². The van der Waals surface area contributed by atoms with Crippen molar-refractivity contribution in [2.24, 2.45) is 0 Å². The van der Waals surface area contributed by atoms with Gasteiger partial charge in [-0.05, 0) is 36.0 Å². The zero-order valence-electron chi connectivity index (χ0n) is 15.7. The first kappa shape index (κ1) is 18.0. The standard InChI is InChI=1S/C25H27NO/c27-25(18-10-13-21-11-4-1-5-12-21)19-26(20-25)24(22-14-6-2-7-15-22)23-16-8-3-9-17-23/h1-9,11-12,14-17,24,27H,10,13,18-20H2. The number of rotatable bonds is 7. The molecule has 1 heterocycles. The molecule has 0 aromatic heterocycles. The molecule has 1 aliphatic heterocycles. The van der Waals surface area contributed by atoms with E-state index in [0.717, 1.165) is 32.4 Å². The van der Waals surface area contributed by atoms with E-state index in [0.29, 0.717) is 0 Å². The highest BCUT2D eigenvalue weighted by Gasteiger charge is 2.44. The second-order valence-corrected chi connectivity index (χ2v) is 7.69. The molecular weight excluding hydrogens is 330 g/mol. The lowest BCUT2D eigenvalue weighted by Gasteiger charge is -2.50. The summed E-state index contributed by atoms with van der Waals surface area (Å²) < 4.78 is 0. The first-order chi connectivity index (χ1) is 13.2. The molecule has 3 aromatic carbocycles. The molecule has 2 nitrogen and oxygen atoms in total. The van der Waals surface area contributed by atoms with Crippen LogP contribution in [-0.4, -0.2) is 28.7 Å². The Morgan fingerprint density at radius 2 is 1.22 bits per heavy atom. The van der Waals surface area contributed by atoms with Gasteiger partial charge >= 0.3 is 0 Å². The fourth-order valence-electron chi connectivity index (χ4n) is 4.20. The molecule has 3 aromatic rings. The molecule has 0 saturated carbocycles. The number of benzene rings is 3. The van der Waals surface area contributed by atoms with E-state index in [-0.39, 0.29) is 6.04 Å². The van der Waals surface area contributed by atoms with E-state index in [1.807, 2.05) is 6.07 Å². The maximum atomic E-state index is 11.0. The molecule has 0 radical (unpaired) electrons. The summed E-state index contributed by atoms with van der Waals surface area (Å²) in [7, 11) is 0. The lowest BCUT2D eigenvalue weighted by molar-refractivity contribution is -0.115. The van der Waals surface area contributed by atoms with Gasteiger partial charge in [0.25, 0.3) is 0 Å². The van der Waals surface area contributed by atoms with Gasteiger partial charge in [0.15, 0.2) is 0 Å². The monoisotopic (exact) mass is 357 g/mol. The van der Waals surface area contributed by atoms with Crippen molar-refractivity contribution >= 4 is 0 Å². The number of aryl methyl sites for hydroxylation is 1. The van der Waals surface area contributed by atoms with Crippen LogP contribution >= 0.6 is 0 Å². The highest BCUT2D eigenvalue weighted by atomic mass is 16.3. The quantitative estimate of drug-likeness (QED) is 0.654. The fourth-order valence-corrected chi connectivity index (χ4v) is 4.20. The van der Waals surface area contributed by atoms with Gasteiger partial charge < -0.3 is 5.11 Å². The highest BCUT2D eigenvalue weighted by molar-refractivity contribution is 5.33. The van der Waals surface area contributed by atoms with Gasteiger partial charge in [0.05, 0.1) is 11.6 Å². The summed E-state index contributed by atoms with van der Waals surface area (Å²) in [6.45, 7) is 1.46. The van der Waals surface area contributed by atoms with E-state index in [1.165, 1.54) is 16.7 Å². The number of aliphatic hydroxyl groups is 1. The van der Waals surface area contributed by atoms with Crippen molar-refractivity contribution in [2.75, 3.05) is 13.1 Å². The van der Waals surface area contributed by atoms with Crippen molar-refractivity contribution in [2.45, 2.75) is 30.9 Å². The van der Waals surface area contributed by atoms with Crippen molar-refractivity contribution in [3.05, 3.63) is 108 Å². The first-order valence-electron chi connectivity index (χ1n) is 9.84. The Bertz CT molecular complexity index is 786. The lowest BCUT2D eigenvalue weighted by atomic mass is 9.84. The number of hydrogen-bond donors (Lipinski definition) is 1. The van der Waals surface area contributed by atoms with Gasteiger partial charge in [-0.15, -0.1) is 0 Å². The Morgan fingerprint density at radius 3 is 1.74 bits per heavy atom. The predicted octanol–water partition coefficient (Wildman–Crippen LogP) is 4.85. The van der Waals surface area contributed by atoms with Crippen molar-refractivity contribution in [3.8, 4) is 0 Å². The van der Waals surface area contributed by atoms with Gasteiger partial charge in [-0.2, -0.15) is 0 Å². The van der Waals surface area contributed by atoms with Crippen LogP contribution in [0.3, 0.4) is 0 Å². The maximum absolute atomic E-state index is 11.0. The van der Waals surface area contributed by atoms with Crippen LogP contribution in [-0.2, 0) is 6.42 Å². The fraction of sp³-hybridized carbons (Fsp3) is 0.280. The van der Waals surface area contributed by atoms with E-state index in [2.05, 4.69) is 89.8 Å². The topological polar surface area (TPSA) is 23.5 Å². The van der Waals surface area contributed by atoms with Crippen LogP contribution in [0.1, 0.15) is 35.6 Å². The average molecular weight is 357 g/mol. The Hall–Kier alpha value is -2.42. The van der Waals surface area contributed by atoms with Crippen LogP contribution in [0.4, 0.5) is 0 Å². The molecule has 0 atom stereocenters. The Morgan fingerprint density at radius 1 is 0.741 bits per heavy atom. The predicted molar refractivity (Wildman–Crippen MR) is 111 cm³/mol. The summed E-state index contributed by atoms with van der Waals surface area (Å²) in [5, 5.41) is 11.0. The molecule has 4 rings (SSSR count). The second-order valence-electron chi connectivity index (χ2n) is 7.69. The molecule has 138 valence electrons. The van der Waals surface area contributed by atoms with E-state index in [9.17, 15) is 5.11 Å². The van der Waals surface area contributed by atoms with Crippen LogP contribution in [0, 0.1) is 0 Å². The molecule has 1 fully saturated rings. The molecule has 0 spiro atoms. The van der Waals surface area contributed by atoms with Crippen molar-refractivity contribution in [1.29, 1.82) is 0 Å². The molecule has 1 aliphatic rings. The number of likely N-dealkylation sites (tertiary alicyclic amines) is 1. The van der Waals surface area contributed by atoms with Gasteiger partial charge in [0, 0.05) is 13.1 Å². The summed E-state index contributed by atoms with van der Waals surface area (Å²) >= 11 is 0. The minimum absolute atomic E-state index is 0.210. The lowest BCUT2D eigenvalue weighted by Crippen LogP contribution is -2.62. The summed E-state index contributed by atoms with van der Waals surface area (Å²) in [5.41, 5.74) is 3.37. The summed E-state index contributed by atoms with van der Waals surface area (Å²) in [6.07, 6.45) is 2.91. The first-order valence-corrected chi connectivity index (χ1v) is 9.84. The van der Waals surface area contributed by atoms with E-state index in [4.69, 9.17) is 0 Å². The molecular formula is C25H27NO. The largest absolute Gasteiger partial charge is 0.387 e. The molecule has 1 N–H and O–H groups in total. The average Bonchev–Trinajstić information content (AvgIpc) is 2.69. The minimum atomic E-state index is -0.559. The third-order valence-electron chi connectivity index (χ3n) is 5.54. The highest BCUT2D eigenvalue weighted by Crippen LogP contribution is 2.37. The van der Waals surface area contributed by atoms with E-state index < -0.39 is 5.60 Å². The van der Waals surface area contributed by atoms with Crippen LogP contribution in [0.25, 0.3) is 0 Å². The summed E-state index contributed by atoms with van der Waals surface area (Å²) in [4.78, 5) is 2.40. The van der Waals surface area contributed by atoms with Crippen molar-refractivity contribution in [3.63, 3.8) is 0 Å². The normalized spacial score (nSPS) is 16.2. The number of β-amino-alcohol motifs (C(OH)–C–C–N with tert-alkyl or cyclic N) is 1. The smallest absolute Gasteiger partial charge is 0.0901 e. The maximum Gasteiger partial charge on any atom is 0.0901 e. The molecule has 0 amide bonds. The summed E-state index contributed by atoms with van der Waals surface area (Å²) in [6, 6.07) is 32.0. The Kier molecular flexibility index (Phi) is 5.38. The third kappa shape index (κ3) is 4.29. The Labute approximate surface area is 162 Å². The number of hydrogen-bond acceptors (Lipinski definition) is 2. The second kappa shape index (κ2) is 8.08. The van der Waals surface area contributed by atoms with E-state index in [1.54, 1.807) is 0 Å². The van der Waals surface area contributed by atoms with Crippen LogP contribution < -0.4 is 0 Å². The van der Waals surface area contributed by atoms with Gasteiger partial charge in [-0.1, -0.05) is 91.0 Å². The van der Waals surface area contributed by atoms with Crippen molar-refractivity contribution < 1.29 is 5.11 Å².